The van der Waals surface area contributed by atoms with Crippen LogP contribution in [0.5, 0.6) is 5.75 Å². The summed E-state index contributed by atoms with van der Waals surface area (Å²) in [5.74, 6) is 2.32. The number of para-hydroxylation sites is 1. The van der Waals surface area contributed by atoms with Gasteiger partial charge in [0.1, 0.15) is 5.75 Å². The van der Waals surface area contributed by atoms with Crippen LogP contribution in [-0.2, 0) is 0 Å². The zero-order valence-corrected chi connectivity index (χ0v) is 10.9. The van der Waals surface area contributed by atoms with E-state index in [1.54, 1.807) is 7.11 Å². The molecule has 0 aliphatic heterocycles. The van der Waals surface area contributed by atoms with Gasteiger partial charge in [0.2, 0.25) is 0 Å². The third-order valence-electron chi connectivity index (χ3n) is 3.83. The zero-order chi connectivity index (χ0) is 12.5. The summed E-state index contributed by atoms with van der Waals surface area (Å²) in [5, 5.41) is 0. The average molecular weight is 238 g/mol. The van der Waals surface area contributed by atoms with Gasteiger partial charge in [0.05, 0.1) is 7.11 Å². The number of hydrogen-bond acceptors (Lipinski definition) is 1. The third-order valence-corrected chi connectivity index (χ3v) is 3.83. The molecule has 18 heavy (non-hydrogen) atoms. The van der Waals surface area contributed by atoms with E-state index < -0.39 is 0 Å². The number of hydrogen-bond donors (Lipinski definition) is 0. The van der Waals surface area contributed by atoms with Crippen LogP contribution in [0.25, 0.3) is 0 Å². The SMILES string of the molecule is COc1ccccc1[C@@H]1C[C@@H]1c1ccc(C)cc1. The van der Waals surface area contributed by atoms with Gasteiger partial charge in [-0.05, 0) is 42.4 Å². The molecule has 92 valence electrons. The van der Waals surface area contributed by atoms with E-state index in [0.29, 0.717) is 11.8 Å². The second kappa shape index (κ2) is 4.49. The van der Waals surface area contributed by atoms with Crippen molar-refractivity contribution in [3.8, 4) is 5.75 Å². The van der Waals surface area contributed by atoms with E-state index in [1.807, 2.05) is 6.07 Å². The number of benzene rings is 2. The maximum atomic E-state index is 5.45. The number of aryl methyl sites for hydroxylation is 1. The molecular formula is C17H18O. The molecule has 1 nitrogen and oxygen atoms in total. The Hall–Kier alpha value is -1.76. The normalized spacial score (nSPS) is 21.7. The molecule has 0 aromatic heterocycles. The summed E-state index contributed by atoms with van der Waals surface area (Å²) >= 11 is 0. The van der Waals surface area contributed by atoms with Gasteiger partial charge in [-0.25, -0.2) is 0 Å². The minimum absolute atomic E-state index is 0.629. The lowest BCUT2D eigenvalue weighted by Crippen LogP contribution is -1.91. The molecular weight excluding hydrogens is 220 g/mol. The molecule has 1 saturated carbocycles. The molecule has 0 bridgehead atoms. The van der Waals surface area contributed by atoms with Crippen molar-refractivity contribution < 1.29 is 4.74 Å². The van der Waals surface area contributed by atoms with E-state index in [0.717, 1.165) is 5.75 Å². The molecule has 0 unspecified atom stereocenters. The molecule has 0 saturated heterocycles. The maximum Gasteiger partial charge on any atom is 0.122 e. The van der Waals surface area contributed by atoms with E-state index in [1.165, 1.54) is 23.1 Å². The lowest BCUT2D eigenvalue weighted by Gasteiger charge is -2.07. The van der Waals surface area contributed by atoms with Crippen molar-refractivity contribution in [3.63, 3.8) is 0 Å². The fourth-order valence-corrected chi connectivity index (χ4v) is 2.69. The average Bonchev–Trinajstić information content (AvgIpc) is 3.20. The summed E-state index contributed by atoms with van der Waals surface area (Å²) < 4.78 is 5.45. The second-order valence-corrected chi connectivity index (χ2v) is 5.10. The molecule has 0 spiro atoms. The molecule has 0 amide bonds. The van der Waals surface area contributed by atoms with Crippen LogP contribution < -0.4 is 4.74 Å². The summed E-state index contributed by atoms with van der Waals surface area (Å²) in [4.78, 5) is 0. The maximum absolute atomic E-state index is 5.45. The fraction of sp³-hybridized carbons (Fsp3) is 0.294. The van der Waals surface area contributed by atoms with E-state index in [9.17, 15) is 0 Å². The van der Waals surface area contributed by atoms with Crippen LogP contribution in [0.1, 0.15) is 34.9 Å². The molecule has 1 fully saturated rings. The van der Waals surface area contributed by atoms with Crippen molar-refractivity contribution in [3.05, 3.63) is 65.2 Å². The lowest BCUT2D eigenvalue weighted by molar-refractivity contribution is 0.409. The monoisotopic (exact) mass is 238 g/mol. The van der Waals surface area contributed by atoms with Gasteiger partial charge in [-0.2, -0.15) is 0 Å². The zero-order valence-electron chi connectivity index (χ0n) is 10.9. The third kappa shape index (κ3) is 2.01. The molecule has 0 N–H and O–H groups in total. The molecule has 0 heterocycles. The van der Waals surface area contributed by atoms with E-state index >= 15 is 0 Å². The first-order valence-electron chi connectivity index (χ1n) is 6.49. The van der Waals surface area contributed by atoms with Crippen LogP contribution in [0, 0.1) is 6.92 Å². The van der Waals surface area contributed by atoms with Crippen LogP contribution in [-0.4, -0.2) is 7.11 Å². The van der Waals surface area contributed by atoms with Gasteiger partial charge >= 0.3 is 0 Å². The van der Waals surface area contributed by atoms with Gasteiger partial charge in [-0.1, -0.05) is 48.0 Å². The first-order chi connectivity index (χ1) is 8.79. The fourth-order valence-electron chi connectivity index (χ4n) is 2.69. The van der Waals surface area contributed by atoms with Crippen LogP contribution in [0.15, 0.2) is 48.5 Å². The van der Waals surface area contributed by atoms with E-state index in [2.05, 4.69) is 49.4 Å². The van der Waals surface area contributed by atoms with Crippen molar-refractivity contribution in [1.82, 2.24) is 0 Å². The molecule has 1 heteroatoms. The summed E-state index contributed by atoms with van der Waals surface area (Å²) in [6.45, 7) is 2.13. The molecule has 2 aromatic carbocycles. The van der Waals surface area contributed by atoms with Gasteiger partial charge < -0.3 is 4.74 Å². The first-order valence-corrected chi connectivity index (χ1v) is 6.49. The van der Waals surface area contributed by atoms with Crippen molar-refractivity contribution in [1.29, 1.82) is 0 Å². The Morgan fingerprint density at radius 3 is 2.39 bits per heavy atom. The van der Waals surface area contributed by atoms with E-state index in [4.69, 9.17) is 4.74 Å². The molecule has 1 aliphatic rings. The number of methoxy groups -OCH3 is 1. The van der Waals surface area contributed by atoms with Crippen molar-refractivity contribution in [2.24, 2.45) is 0 Å². The highest BCUT2D eigenvalue weighted by Gasteiger charge is 2.40. The predicted molar refractivity (Wildman–Crippen MR) is 74.3 cm³/mol. The minimum Gasteiger partial charge on any atom is -0.496 e. The molecule has 1 aliphatic carbocycles. The largest absolute Gasteiger partial charge is 0.496 e. The number of rotatable bonds is 3. The van der Waals surface area contributed by atoms with Gasteiger partial charge in [0.15, 0.2) is 0 Å². The Bertz CT molecular complexity index is 542. The Morgan fingerprint density at radius 2 is 1.67 bits per heavy atom. The summed E-state index contributed by atoms with van der Waals surface area (Å²) in [5.41, 5.74) is 4.13. The predicted octanol–water partition coefficient (Wildman–Crippen LogP) is 4.27. The summed E-state index contributed by atoms with van der Waals surface area (Å²) in [7, 11) is 1.75. The van der Waals surface area contributed by atoms with Crippen LogP contribution >= 0.6 is 0 Å². The first kappa shape index (κ1) is 11.3. The van der Waals surface area contributed by atoms with Crippen molar-refractivity contribution in [2.45, 2.75) is 25.2 Å². The van der Waals surface area contributed by atoms with Gasteiger partial charge in [0.25, 0.3) is 0 Å². The quantitative estimate of drug-likeness (QED) is 0.775. The van der Waals surface area contributed by atoms with Gasteiger partial charge in [-0.15, -0.1) is 0 Å². The molecule has 2 atom stereocenters. The van der Waals surface area contributed by atoms with Crippen molar-refractivity contribution in [2.75, 3.05) is 7.11 Å². The molecule has 3 rings (SSSR count). The highest BCUT2D eigenvalue weighted by Crippen LogP contribution is 2.56. The van der Waals surface area contributed by atoms with Crippen LogP contribution in [0.2, 0.25) is 0 Å². The van der Waals surface area contributed by atoms with Gasteiger partial charge in [-0.3, -0.25) is 0 Å². The Morgan fingerprint density at radius 1 is 0.944 bits per heavy atom. The highest BCUT2D eigenvalue weighted by atomic mass is 16.5. The Labute approximate surface area is 108 Å². The standard InChI is InChI=1S/C17H18O/c1-12-7-9-13(10-8-12)15-11-16(15)14-5-3-4-6-17(14)18-2/h3-10,15-16H,11H2,1-2H3/t15-,16+/m1/s1. The highest BCUT2D eigenvalue weighted by molar-refractivity contribution is 5.44. The lowest BCUT2D eigenvalue weighted by atomic mass is 10.0. The van der Waals surface area contributed by atoms with Crippen LogP contribution in [0.3, 0.4) is 0 Å². The summed E-state index contributed by atoms with van der Waals surface area (Å²) in [6.07, 6.45) is 1.24. The topological polar surface area (TPSA) is 9.23 Å². The molecule has 2 aromatic rings. The van der Waals surface area contributed by atoms with E-state index in [-0.39, 0.29) is 0 Å². The second-order valence-electron chi connectivity index (χ2n) is 5.10. The van der Waals surface area contributed by atoms with Crippen LogP contribution in [0.4, 0.5) is 0 Å². The Balaban J connectivity index is 1.83. The smallest absolute Gasteiger partial charge is 0.122 e. The van der Waals surface area contributed by atoms with Crippen molar-refractivity contribution >= 4 is 0 Å². The number of ether oxygens (including phenoxy) is 1. The molecule has 0 radical (unpaired) electrons. The minimum atomic E-state index is 0.629. The summed E-state index contributed by atoms with van der Waals surface area (Å²) in [6, 6.07) is 17.3. The Kier molecular flexibility index (Phi) is 2.83. The van der Waals surface area contributed by atoms with Gasteiger partial charge in [0, 0.05) is 0 Å².